The summed E-state index contributed by atoms with van der Waals surface area (Å²) in [6, 6.07) is 14.9. The molecule has 9 heteroatoms. The number of carbonyl (C=O) groups excluding carboxylic acids is 1. The number of amides is 1. The summed E-state index contributed by atoms with van der Waals surface area (Å²) in [5.74, 6) is -3.13. The normalized spacial score (nSPS) is 11.5. The van der Waals surface area contributed by atoms with Crippen molar-refractivity contribution in [2.45, 2.75) is 24.5 Å². The summed E-state index contributed by atoms with van der Waals surface area (Å²) in [7, 11) is 0. The molecule has 0 aliphatic heterocycles. The van der Waals surface area contributed by atoms with Crippen molar-refractivity contribution in [2.75, 3.05) is 5.32 Å². The number of hydrogen-bond acceptors (Lipinski definition) is 3. The first-order valence-electron chi connectivity index (χ1n) is 9.32. The van der Waals surface area contributed by atoms with Crippen molar-refractivity contribution < 1.29 is 13.6 Å². The molecule has 3 aromatic rings. The Morgan fingerprint density at radius 3 is 2.47 bits per heavy atom. The van der Waals surface area contributed by atoms with E-state index in [4.69, 9.17) is 23.2 Å². The van der Waals surface area contributed by atoms with E-state index in [0.29, 0.717) is 43.6 Å². The first-order chi connectivity index (χ1) is 15.2. The number of carbonyl (C=O) groups is 1. The fourth-order valence-electron chi connectivity index (χ4n) is 3.18. The van der Waals surface area contributed by atoms with Crippen molar-refractivity contribution in [3.05, 3.63) is 81.1 Å². The number of benzene rings is 2. The van der Waals surface area contributed by atoms with Gasteiger partial charge in [0.1, 0.15) is 11.6 Å². The van der Waals surface area contributed by atoms with Crippen molar-refractivity contribution in [3.63, 3.8) is 0 Å². The number of rotatable bonds is 6. The number of nitrogens with one attached hydrogen (secondary N) is 1. The molecule has 3 rings (SSSR count). The minimum Gasteiger partial charge on any atom is -0.321 e. The highest BCUT2D eigenvalue weighted by Gasteiger charge is 2.16. The molecule has 0 aliphatic carbocycles. The maximum atomic E-state index is 12.6. The van der Waals surface area contributed by atoms with Crippen molar-refractivity contribution in [2.24, 2.45) is 0 Å². The third kappa shape index (κ3) is 5.52. The van der Waals surface area contributed by atoms with Gasteiger partial charge in [0, 0.05) is 27.0 Å². The third-order valence-electron chi connectivity index (χ3n) is 4.62. The second-order valence-electron chi connectivity index (χ2n) is 6.78. The van der Waals surface area contributed by atoms with E-state index in [0.717, 1.165) is 11.4 Å². The molecule has 0 bridgehead atoms. The summed E-state index contributed by atoms with van der Waals surface area (Å²) < 4.78 is 26.8. The van der Waals surface area contributed by atoms with Gasteiger partial charge in [0.05, 0.1) is 10.7 Å². The molecule has 1 N–H and O–H groups in total. The molecule has 1 aromatic heterocycles. The molecule has 0 unspecified atom stereocenters. The highest BCUT2D eigenvalue weighted by atomic mass is 35.5. The molecule has 4 nitrogen and oxygen atoms in total. The van der Waals surface area contributed by atoms with E-state index in [1.54, 1.807) is 18.2 Å². The molecule has 0 atom stereocenters. The molecule has 164 valence electrons. The fourth-order valence-corrected chi connectivity index (χ4v) is 4.05. The Bertz CT molecular complexity index is 1230. The maximum absolute atomic E-state index is 12.6. The van der Waals surface area contributed by atoms with Crippen LogP contribution in [0.3, 0.4) is 0 Å². The van der Waals surface area contributed by atoms with Gasteiger partial charge in [-0.1, -0.05) is 35.0 Å². The number of thioether (sulfide) groups is 1. The molecule has 2 aromatic carbocycles. The van der Waals surface area contributed by atoms with E-state index in [1.807, 2.05) is 30.6 Å². The quantitative estimate of drug-likeness (QED) is 0.224. The Morgan fingerprint density at radius 1 is 1.16 bits per heavy atom. The number of aryl methyl sites for hydroxylation is 1. The molecule has 1 amide bonds. The summed E-state index contributed by atoms with van der Waals surface area (Å²) in [5.41, 5.74) is 3.29. The SMILES string of the molecule is Cc1cc(/C=C(/C#N)C(=O)Nc2ccc(SC(F)F)cc2)c(C)n1-c1cc(Cl)ccc1Cl. The van der Waals surface area contributed by atoms with Crippen LogP contribution in [0.2, 0.25) is 10.0 Å². The van der Waals surface area contributed by atoms with Gasteiger partial charge in [-0.25, -0.2) is 0 Å². The van der Waals surface area contributed by atoms with Crippen LogP contribution in [0.4, 0.5) is 14.5 Å². The Morgan fingerprint density at radius 2 is 1.84 bits per heavy atom. The first kappa shape index (κ1) is 23.9. The molecule has 32 heavy (non-hydrogen) atoms. The summed E-state index contributed by atoms with van der Waals surface area (Å²) >= 11 is 12.9. The van der Waals surface area contributed by atoms with Crippen LogP contribution in [-0.4, -0.2) is 16.2 Å². The van der Waals surface area contributed by atoms with Crippen molar-refractivity contribution >= 4 is 52.6 Å². The molecule has 0 saturated heterocycles. The van der Waals surface area contributed by atoms with E-state index < -0.39 is 11.7 Å². The molecule has 0 aliphatic rings. The number of halogens is 4. The minimum absolute atomic E-state index is 0.103. The highest BCUT2D eigenvalue weighted by Crippen LogP contribution is 2.30. The average Bonchev–Trinajstić information content (AvgIpc) is 3.01. The molecule has 0 saturated carbocycles. The van der Waals surface area contributed by atoms with Gasteiger partial charge in [0.15, 0.2) is 0 Å². The van der Waals surface area contributed by atoms with E-state index in [-0.39, 0.29) is 5.57 Å². The zero-order valence-corrected chi connectivity index (χ0v) is 19.3. The number of anilines is 1. The molecule has 1 heterocycles. The lowest BCUT2D eigenvalue weighted by Crippen LogP contribution is -2.13. The van der Waals surface area contributed by atoms with Crippen LogP contribution >= 0.6 is 35.0 Å². The van der Waals surface area contributed by atoms with Crippen LogP contribution in [0.5, 0.6) is 0 Å². The van der Waals surface area contributed by atoms with Gasteiger partial charge in [-0.3, -0.25) is 4.79 Å². The molecule has 0 fully saturated rings. The van der Waals surface area contributed by atoms with E-state index in [9.17, 15) is 18.8 Å². The van der Waals surface area contributed by atoms with Gasteiger partial charge in [-0.2, -0.15) is 14.0 Å². The molecular formula is C23H17Cl2F2N3OS. The van der Waals surface area contributed by atoms with Crippen LogP contribution in [0.25, 0.3) is 11.8 Å². The van der Waals surface area contributed by atoms with Crippen LogP contribution in [0, 0.1) is 25.2 Å². The molecular weight excluding hydrogens is 475 g/mol. The summed E-state index contributed by atoms with van der Waals surface area (Å²) in [5, 5.41) is 13.2. The number of aromatic nitrogens is 1. The molecule has 0 spiro atoms. The van der Waals surface area contributed by atoms with Gasteiger partial charge in [0.25, 0.3) is 11.7 Å². The van der Waals surface area contributed by atoms with Gasteiger partial charge in [0.2, 0.25) is 0 Å². The summed E-state index contributed by atoms with van der Waals surface area (Å²) in [6.07, 6.45) is 1.49. The number of nitrogens with zero attached hydrogens (tertiary/aromatic N) is 2. The Hall–Kier alpha value is -2.79. The third-order valence-corrected chi connectivity index (χ3v) is 5.90. The van der Waals surface area contributed by atoms with Crippen LogP contribution in [0.1, 0.15) is 17.0 Å². The van der Waals surface area contributed by atoms with Gasteiger partial charge >= 0.3 is 0 Å². The van der Waals surface area contributed by atoms with Crippen molar-refractivity contribution in [3.8, 4) is 11.8 Å². The summed E-state index contributed by atoms with van der Waals surface area (Å²) in [4.78, 5) is 13.0. The van der Waals surface area contributed by atoms with Crippen LogP contribution in [-0.2, 0) is 4.79 Å². The van der Waals surface area contributed by atoms with Gasteiger partial charge in [-0.15, -0.1) is 0 Å². The smallest absolute Gasteiger partial charge is 0.288 e. The Balaban J connectivity index is 1.87. The van der Waals surface area contributed by atoms with Gasteiger partial charge in [-0.05, 0) is 74.0 Å². The fraction of sp³-hybridized carbons (Fsp3) is 0.130. The predicted octanol–water partition coefficient (Wildman–Crippen LogP) is 7.26. The Kier molecular flexibility index (Phi) is 7.62. The zero-order valence-electron chi connectivity index (χ0n) is 17.0. The zero-order chi connectivity index (χ0) is 23.4. The average molecular weight is 492 g/mol. The lowest BCUT2D eigenvalue weighted by molar-refractivity contribution is -0.112. The number of nitriles is 1. The summed E-state index contributed by atoms with van der Waals surface area (Å²) in [6.45, 7) is 3.73. The highest BCUT2D eigenvalue weighted by molar-refractivity contribution is 7.99. The lowest BCUT2D eigenvalue weighted by Gasteiger charge is -2.12. The lowest BCUT2D eigenvalue weighted by atomic mass is 10.1. The number of hydrogen-bond donors (Lipinski definition) is 1. The first-order valence-corrected chi connectivity index (χ1v) is 11.0. The second kappa shape index (κ2) is 10.2. The predicted molar refractivity (Wildman–Crippen MR) is 126 cm³/mol. The molecule has 0 radical (unpaired) electrons. The maximum Gasteiger partial charge on any atom is 0.288 e. The van der Waals surface area contributed by atoms with Crippen molar-refractivity contribution in [1.82, 2.24) is 4.57 Å². The standard InChI is InChI=1S/C23H17Cl2F2N3OS/c1-13-9-15(14(2)30(13)21-11-17(24)3-8-20(21)25)10-16(12-28)22(31)29-18-4-6-19(7-5-18)32-23(26)27/h3-11,23H,1-2H3,(H,29,31)/b16-10-. The van der Waals surface area contributed by atoms with E-state index in [1.165, 1.54) is 30.3 Å². The van der Waals surface area contributed by atoms with E-state index in [2.05, 4.69) is 5.32 Å². The monoisotopic (exact) mass is 491 g/mol. The van der Waals surface area contributed by atoms with Gasteiger partial charge < -0.3 is 9.88 Å². The van der Waals surface area contributed by atoms with Crippen molar-refractivity contribution in [1.29, 1.82) is 5.26 Å². The largest absolute Gasteiger partial charge is 0.321 e. The minimum atomic E-state index is -2.52. The second-order valence-corrected chi connectivity index (χ2v) is 8.69. The van der Waals surface area contributed by atoms with Crippen LogP contribution in [0.15, 0.2) is 59.0 Å². The Labute approximate surface area is 198 Å². The van der Waals surface area contributed by atoms with Crippen LogP contribution < -0.4 is 5.32 Å². The van der Waals surface area contributed by atoms with E-state index >= 15 is 0 Å². The topological polar surface area (TPSA) is 57.8 Å². The number of alkyl halides is 2.